The predicted octanol–water partition coefficient (Wildman–Crippen LogP) is 4.65. The standard InChI is InChI=1S/2C7H11.2CH3.Sn/c2*1-4-5-6-7(2)3;;;/h2*7H,5-6H2,2-3H3;2*1H3;. The summed E-state index contributed by atoms with van der Waals surface area (Å²) in [5.41, 5.74) is 0. The van der Waals surface area contributed by atoms with Crippen molar-refractivity contribution >= 4 is 18.4 Å². The quantitative estimate of drug-likeness (QED) is 0.517. The Kier molecular flexibility index (Phi) is 8.89. The van der Waals surface area contributed by atoms with Gasteiger partial charge in [0.1, 0.15) is 0 Å². The van der Waals surface area contributed by atoms with Crippen LogP contribution in [0.1, 0.15) is 53.4 Å². The third-order valence-corrected chi connectivity index (χ3v) is 7.07. The molecule has 0 nitrogen and oxygen atoms in total. The Morgan fingerprint density at radius 1 is 0.765 bits per heavy atom. The van der Waals surface area contributed by atoms with Crippen LogP contribution in [0, 0.1) is 31.5 Å². The average molecular weight is 339 g/mol. The molecule has 0 bridgehead atoms. The molecule has 0 N–H and O–H groups in total. The molecule has 0 aliphatic rings. The molecule has 0 amide bonds. The molecule has 96 valence electrons. The molecular weight excluding hydrogens is 311 g/mol. The SMILES string of the molecule is CC(C)CCC#[C][Sn]([CH3])([CH3])[C]#CCCC(C)C. The van der Waals surface area contributed by atoms with Gasteiger partial charge in [-0.1, -0.05) is 0 Å². The fourth-order valence-corrected chi connectivity index (χ4v) is 4.73. The van der Waals surface area contributed by atoms with Crippen molar-refractivity contribution in [3.8, 4) is 19.7 Å². The topological polar surface area (TPSA) is 0 Å². The van der Waals surface area contributed by atoms with Gasteiger partial charge < -0.3 is 0 Å². The van der Waals surface area contributed by atoms with E-state index in [9.17, 15) is 0 Å². The molecule has 0 radical (unpaired) electrons. The molecular formula is C16H28Sn. The molecule has 0 atom stereocenters. The zero-order chi connectivity index (χ0) is 13.3. The first-order chi connectivity index (χ1) is 7.83. The van der Waals surface area contributed by atoms with Crippen molar-refractivity contribution in [1.29, 1.82) is 0 Å². The molecule has 0 unspecified atom stereocenters. The minimum absolute atomic E-state index is 0.764. The summed E-state index contributed by atoms with van der Waals surface area (Å²) in [7, 11) is 0. The van der Waals surface area contributed by atoms with E-state index in [4.69, 9.17) is 0 Å². The van der Waals surface area contributed by atoms with E-state index in [0.717, 1.165) is 24.7 Å². The second-order valence-electron chi connectivity index (χ2n) is 6.09. The van der Waals surface area contributed by atoms with E-state index in [1.54, 1.807) is 0 Å². The van der Waals surface area contributed by atoms with E-state index in [1.807, 2.05) is 0 Å². The second kappa shape index (κ2) is 8.93. The first kappa shape index (κ1) is 16.9. The Labute approximate surface area is 113 Å². The van der Waals surface area contributed by atoms with Crippen molar-refractivity contribution in [2.45, 2.75) is 63.3 Å². The van der Waals surface area contributed by atoms with Crippen molar-refractivity contribution in [2.24, 2.45) is 11.8 Å². The summed E-state index contributed by atoms with van der Waals surface area (Å²) in [4.78, 5) is 4.64. The maximum absolute atomic E-state index is 3.49. The van der Waals surface area contributed by atoms with Gasteiger partial charge in [-0.2, -0.15) is 0 Å². The van der Waals surface area contributed by atoms with Gasteiger partial charge in [0.15, 0.2) is 0 Å². The van der Waals surface area contributed by atoms with E-state index in [2.05, 4.69) is 57.3 Å². The van der Waals surface area contributed by atoms with Gasteiger partial charge >= 0.3 is 113 Å². The summed E-state index contributed by atoms with van der Waals surface area (Å²) >= 11 is -2.30. The van der Waals surface area contributed by atoms with E-state index >= 15 is 0 Å². The second-order valence-corrected chi connectivity index (χ2v) is 16.8. The van der Waals surface area contributed by atoms with Crippen molar-refractivity contribution < 1.29 is 0 Å². The molecule has 0 aliphatic heterocycles. The molecule has 0 spiro atoms. The maximum atomic E-state index is 3.49. The van der Waals surface area contributed by atoms with Gasteiger partial charge in [-0.15, -0.1) is 0 Å². The Hall–Kier alpha value is -0.0813. The van der Waals surface area contributed by atoms with Gasteiger partial charge in [0.05, 0.1) is 0 Å². The first-order valence-electron chi connectivity index (χ1n) is 6.83. The Morgan fingerprint density at radius 3 is 1.41 bits per heavy atom. The van der Waals surface area contributed by atoms with Crippen molar-refractivity contribution in [1.82, 2.24) is 0 Å². The van der Waals surface area contributed by atoms with Gasteiger partial charge in [0.2, 0.25) is 0 Å². The molecule has 0 fully saturated rings. The van der Waals surface area contributed by atoms with Gasteiger partial charge in [-0.05, 0) is 0 Å². The summed E-state index contributed by atoms with van der Waals surface area (Å²) in [6, 6.07) is 0. The van der Waals surface area contributed by atoms with Crippen LogP contribution in [0.25, 0.3) is 0 Å². The number of hydrogen-bond acceptors (Lipinski definition) is 0. The van der Waals surface area contributed by atoms with Crippen LogP contribution in [0.3, 0.4) is 0 Å². The summed E-state index contributed by atoms with van der Waals surface area (Å²) < 4.78 is 6.98. The zero-order valence-corrected chi connectivity index (χ0v) is 15.3. The zero-order valence-electron chi connectivity index (χ0n) is 12.5. The molecule has 1 heteroatoms. The third kappa shape index (κ3) is 12.2. The van der Waals surface area contributed by atoms with E-state index in [0.29, 0.717) is 0 Å². The number of hydrogen-bond donors (Lipinski definition) is 0. The van der Waals surface area contributed by atoms with Gasteiger partial charge in [-0.25, -0.2) is 0 Å². The number of rotatable bonds is 4. The van der Waals surface area contributed by atoms with Crippen molar-refractivity contribution in [2.75, 3.05) is 0 Å². The van der Waals surface area contributed by atoms with Crippen LogP contribution in [-0.2, 0) is 0 Å². The first-order valence-corrected chi connectivity index (χ1v) is 15.4. The molecule has 0 aromatic heterocycles. The fraction of sp³-hybridized carbons (Fsp3) is 0.750. The molecule has 0 saturated heterocycles. The molecule has 0 heterocycles. The van der Waals surface area contributed by atoms with E-state index in [1.165, 1.54) is 12.8 Å². The van der Waals surface area contributed by atoms with Crippen LogP contribution in [-0.4, -0.2) is 18.4 Å². The van der Waals surface area contributed by atoms with Crippen LogP contribution in [0.4, 0.5) is 0 Å². The molecule has 0 rings (SSSR count). The summed E-state index contributed by atoms with van der Waals surface area (Å²) in [5.74, 6) is 8.22. The molecule has 0 aromatic carbocycles. The molecule has 0 saturated carbocycles. The molecule has 17 heavy (non-hydrogen) atoms. The summed E-state index contributed by atoms with van der Waals surface area (Å²) in [6.45, 7) is 9.01. The van der Waals surface area contributed by atoms with Crippen LogP contribution in [0.2, 0.25) is 9.88 Å². The Bertz CT molecular complexity index is 283. The molecule has 0 aliphatic carbocycles. The van der Waals surface area contributed by atoms with Gasteiger partial charge in [-0.3, -0.25) is 0 Å². The van der Waals surface area contributed by atoms with Crippen LogP contribution in [0.5, 0.6) is 0 Å². The normalized spacial score (nSPS) is 10.8. The average Bonchev–Trinajstić information content (AvgIpc) is 2.19. The van der Waals surface area contributed by atoms with Crippen molar-refractivity contribution in [3.05, 3.63) is 0 Å². The van der Waals surface area contributed by atoms with E-state index in [-0.39, 0.29) is 0 Å². The molecule has 0 aromatic rings. The Morgan fingerprint density at radius 2 is 1.12 bits per heavy atom. The summed E-state index contributed by atoms with van der Waals surface area (Å²) in [6.07, 6.45) is 4.53. The van der Waals surface area contributed by atoms with Crippen LogP contribution >= 0.6 is 0 Å². The summed E-state index contributed by atoms with van der Waals surface area (Å²) in [5, 5.41) is 0. The fourth-order valence-electron chi connectivity index (χ4n) is 1.32. The monoisotopic (exact) mass is 340 g/mol. The van der Waals surface area contributed by atoms with Gasteiger partial charge in [0, 0.05) is 0 Å². The van der Waals surface area contributed by atoms with Crippen LogP contribution in [0.15, 0.2) is 0 Å². The Balaban J connectivity index is 4.09. The van der Waals surface area contributed by atoms with Crippen molar-refractivity contribution in [3.63, 3.8) is 0 Å². The van der Waals surface area contributed by atoms with E-state index < -0.39 is 18.4 Å². The van der Waals surface area contributed by atoms with Crippen LogP contribution < -0.4 is 0 Å². The third-order valence-electron chi connectivity index (χ3n) is 2.50. The predicted molar refractivity (Wildman–Crippen MR) is 81.2 cm³/mol. The minimum atomic E-state index is -2.30. The van der Waals surface area contributed by atoms with Gasteiger partial charge in [0.25, 0.3) is 0 Å².